The Morgan fingerprint density at radius 1 is 0.242 bits per heavy atom. The Morgan fingerprint density at radius 3 is 0.593 bits per heavy atom. The first-order valence-electron chi connectivity index (χ1n) is 37.4. The summed E-state index contributed by atoms with van der Waals surface area (Å²) in [7, 11) is 0. The first-order chi connectivity index (χ1) is 43.5. The number of hydrogen-bond donors (Lipinski definition) is 0. The van der Waals surface area contributed by atoms with Crippen LogP contribution < -0.4 is 28.4 Å². The molecule has 0 saturated carbocycles. The molecule has 3 aliphatic heterocycles. The van der Waals surface area contributed by atoms with Crippen LogP contribution in [0.4, 0.5) is 17.1 Å². The van der Waals surface area contributed by atoms with Crippen molar-refractivity contribution in [3.8, 4) is 34.5 Å². The standard InChI is InChI=1S/C81H132N4O6/c1-55(2)25-19-31-61(13)37-43-86-73-49-67-70(52-76(73)89-46-40-64(16)34-22-28-58(7)8)82-80-69-51-75(88-45-39-63(15)33-21-27-57(5)6)78(91-48-42-66(18)36-24-30-60(11)12)54-72(69)84-81-68-50-74(87-44-38-62(14)32-20-26-56(3)4)77(53-71(68)83-79(67)85(80)81)90-47-41-65(17)35-23-29-59(9)10/h49-66H,19-48H2,1-18H3. The van der Waals surface area contributed by atoms with Gasteiger partial charge in [-0.05, 0) is 128 Å². The van der Waals surface area contributed by atoms with Crippen LogP contribution in [0, 0.1) is 71.0 Å². The number of rotatable bonds is 48. The van der Waals surface area contributed by atoms with E-state index in [0.717, 1.165) is 124 Å². The molecule has 0 saturated heterocycles. The van der Waals surface area contributed by atoms with E-state index in [1.807, 2.05) is 0 Å². The molecule has 0 aromatic heterocycles. The Morgan fingerprint density at radius 2 is 0.418 bits per heavy atom. The lowest BCUT2D eigenvalue weighted by molar-refractivity contribution is 0.237. The molecule has 0 aliphatic carbocycles. The Hall–Kier alpha value is -4.73. The van der Waals surface area contributed by atoms with Crippen LogP contribution in [0.15, 0.2) is 51.4 Å². The van der Waals surface area contributed by atoms with Crippen molar-refractivity contribution < 1.29 is 28.4 Å². The monoisotopic (exact) mass is 1260 g/mol. The van der Waals surface area contributed by atoms with Gasteiger partial charge in [-0.1, -0.05) is 240 Å². The van der Waals surface area contributed by atoms with Gasteiger partial charge < -0.3 is 28.4 Å². The number of hydrogen-bond acceptors (Lipinski definition) is 10. The number of aliphatic imine (C=N–C) groups is 3. The van der Waals surface area contributed by atoms with Crippen molar-refractivity contribution in [3.63, 3.8) is 0 Å². The third-order valence-corrected chi connectivity index (χ3v) is 19.3. The van der Waals surface area contributed by atoms with Gasteiger partial charge in [-0.15, -0.1) is 0 Å². The average Bonchev–Trinajstić information content (AvgIpc) is 0.713. The molecule has 3 heterocycles. The van der Waals surface area contributed by atoms with Gasteiger partial charge in [0.1, 0.15) is 17.5 Å². The second-order valence-corrected chi connectivity index (χ2v) is 31.5. The summed E-state index contributed by atoms with van der Waals surface area (Å²) >= 11 is 0. The molecule has 0 radical (unpaired) electrons. The molecule has 0 amide bonds. The van der Waals surface area contributed by atoms with Gasteiger partial charge in [-0.2, -0.15) is 0 Å². The van der Waals surface area contributed by atoms with Gasteiger partial charge in [0, 0.05) is 34.9 Å². The van der Waals surface area contributed by atoms with Crippen molar-refractivity contribution in [2.24, 2.45) is 86.0 Å². The van der Waals surface area contributed by atoms with Gasteiger partial charge in [-0.3, -0.25) is 4.90 Å². The normalized spacial score (nSPS) is 15.4. The molecule has 6 rings (SSSR count). The highest BCUT2D eigenvalue weighted by atomic mass is 16.5. The maximum absolute atomic E-state index is 6.92. The zero-order valence-electron chi connectivity index (χ0n) is 61.3. The van der Waals surface area contributed by atoms with Crippen LogP contribution in [0.1, 0.15) is 295 Å². The van der Waals surface area contributed by atoms with Gasteiger partial charge in [0.2, 0.25) is 0 Å². The second-order valence-electron chi connectivity index (χ2n) is 31.5. The molecule has 0 bridgehead atoms. The third kappa shape index (κ3) is 25.8. The molecule has 91 heavy (non-hydrogen) atoms. The molecule has 10 heteroatoms. The summed E-state index contributed by atoms with van der Waals surface area (Å²) in [4.78, 5) is 19.3. The van der Waals surface area contributed by atoms with Crippen LogP contribution in [0.3, 0.4) is 0 Å². The van der Waals surface area contributed by atoms with Crippen molar-refractivity contribution in [3.05, 3.63) is 53.1 Å². The fourth-order valence-corrected chi connectivity index (χ4v) is 12.8. The van der Waals surface area contributed by atoms with Crippen molar-refractivity contribution in [1.82, 2.24) is 4.90 Å². The van der Waals surface area contributed by atoms with Crippen LogP contribution in [0.2, 0.25) is 0 Å². The predicted molar refractivity (Wildman–Crippen MR) is 388 cm³/mol. The van der Waals surface area contributed by atoms with Crippen LogP contribution in [-0.4, -0.2) is 62.0 Å². The Bertz CT molecular complexity index is 2410. The maximum atomic E-state index is 6.92. The van der Waals surface area contributed by atoms with E-state index in [1.54, 1.807) is 0 Å². The van der Waals surface area contributed by atoms with E-state index < -0.39 is 0 Å². The van der Waals surface area contributed by atoms with E-state index in [1.165, 1.54) is 116 Å². The van der Waals surface area contributed by atoms with Crippen molar-refractivity contribution in [2.45, 2.75) is 279 Å². The predicted octanol–water partition coefficient (Wildman–Crippen LogP) is 24.0. The van der Waals surface area contributed by atoms with Gasteiger partial charge >= 0.3 is 0 Å². The van der Waals surface area contributed by atoms with E-state index in [0.29, 0.717) is 111 Å². The zero-order valence-corrected chi connectivity index (χ0v) is 61.3. The van der Waals surface area contributed by atoms with E-state index in [2.05, 4.69) is 166 Å². The van der Waals surface area contributed by atoms with Crippen LogP contribution in [0.5, 0.6) is 34.5 Å². The molecule has 3 aromatic rings. The fourth-order valence-electron chi connectivity index (χ4n) is 12.8. The number of nitrogens with zero attached hydrogens (tertiary/aromatic N) is 4. The summed E-state index contributed by atoms with van der Waals surface area (Å²) in [5.74, 6) is 14.1. The highest BCUT2D eigenvalue weighted by Crippen LogP contribution is 2.49. The highest BCUT2D eigenvalue weighted by molar-refractivity contribution is 6.36. The second kappa shape index (κ2) is 39.2. The van der Waals surface area contributed by atoms with Crippen LogP contribution in [0.25, 0.3) is 0 Å². The van der Waals surface area contributed by atoms with Crippen LogP contribution in [-0.2, 0) is 0 Å². The Kier molecular flexibility index (Phi) is 32.4. The quantitative estimate of drug-likeness (QED) is 0.0556. The van der Waals surface area contributed by atoms with Crippen molar-refractivity contribution in [2.75, 3.05) is 39.6 Å². The lowest BCUT2D eigenvalue weighted by Crippen LogP contribution is -2.48. The van der Waals surface area contributed by atoms with E-state index in [9.17, 15) is 0 Å². The Balaban J connectivity index is 1.49. The summed E-state index contributed by atoms with van der Waals surface area (Å²) in [6.45, 7) is 45.6. The summed E-state index contributed by atoms with van der Waals surface area (Å²) in [5, 5.41) is 0. The number of benzene rings is 3. The molecule has 3 aliphatic rings. The van der Waals surface area contributed by atoms with Crippen molar-refractivity contribution in [1.29, 1.82) is 0 Å². The van der Waals surface area contributed by atoms with E-state index >= 15 is 0 Å². The minimum absolute atomic E-state index is 0.545. The topological polar surface area (TPSA) is 95.7 Å². The van der Waals surface area contributed by atoms with E-state index in [-0.39, 0.29) is 0 Å². The number of amidine groups is 3. The van der Waals surface area contributed by atoms with Gasteiger partial charge in [0.05, 0.1) is 56.7 Å². The highest BCUT2D eigenvalue weighted by Gasteiger charge is 2.41. The maximum Gasteiger partial charge on any atom is 0.163 e. The van der Waals surface area contributed by atoms with Gasteiger partial charge in [-0.25, -0.2) is 15.0 Å². The fraction of sp³-hybridized carbons (Fsp3) is 0.741. The molecule has 3 aromatic carbocycles. The van der Waals surface area contributed by atoms with Gasteiger partial charge in [0.15, 0.2) is 34.5 Å². The lowest BCUT2D eigenvalue weighted by atomic mass is 9.96. The Labute approximate surface area is 557 Å². The molecule has 0 spiro atoms. The summed E-state index contributed by atoms with van der Waals surface area (Å²) in [5.41, 5.74) is 4.96. The molecule has 6 unspecified atom stereocenters. The summed E-state index contributed by atoms with van der Waals surface area (Å²) < 4.78 is 41.4. The summed E-state index contributed by atoms with van der Waals surface area (Å²) in [6, 6.07) is 12.8. The van der Waals surface area contributed by atoms with Crippen molar-refractivity contribution >= 4 is 34.6 Å². The van der Waals surface area contributed by atoms with Gasteiger partial charge in [0.25, 0.3) is 0 Å². The molecule has 6 atom stereocenters. The first kappa shape index (κ1) is 75.3. The minimum Gasteiger partial charge on any atom is -0.490 e. The zero-order chi connectivity index (χ0) is 66.0. The van der Waals surface area contributed by atoms with Crippen LogP contribution >= 0.6 is 0 Å². The molecular formula is C81H132N4O6. The third-order valence-electron chi connectivity index (χ3n) is 19.3. The SMILES string of the molecule is CC(C)CCCC(C)CCOc1cc2c(cc1OCCC(C)CCCC(C)C)C1=Nc3cc(OCCC(C)CCCC(C)C)c(OCCC(C)CCCC(C)C)cc3C3=Nc4cc(OCCC(C)CCCC(C)C)c(OCCC(C)CCCC(C)C)cc4C(=N2)N13. The molecule has 0 N–H and O–H groups in total. The molecule has 512 valence electrons. The lowest BCUT2D eigenvalue weighted by Gasteiger charge is -2.39. The summed E-state index contributed by atoms with van der Waals surface area (Å²) in [6.07, 6.45) is 27.9. The first-order valence-corrected chi connectivity index (χ1v) is 37.4. The average molecular weight is 1260 g/mol. The minimum atomic E-state index is 0.545. The smallest absolute Gasteiger partial charge is 0.163 e. The number of ether oxygens (including phenoxy) is 6. The number of fused-ring (bicyclic) bond motifs is 6. The molecule has 0 fully saturated rings. The largest absolute Gasteiger partial charge is 0.490 e. The molecule has 10 nitrogen and oxygen atoms in total. The molecular weight excluding hydrogens is 1120 g/mol. The van der Waals surface area contributed by atoms with E-state index in [4.69, 9.17) is 43.4 Å².